The quantitative estimate of drug-likeness (QED) is 0.694. The van der Waals surface area contributed by atoms with Gasteiger partial charge in [0.25, 0.3) is 0 Å². The summed E-state index contributed by atoms with van der Waals surface area (Å²) in [5.41, 5.74) is 6.54. The molecule has 2 unspecified atom stereocenters. The summed E-state index contributed by atoms with van der Waals surface area (Å²) in [5.74, 6) is 0.438. The van der Waals surface area contributed by atoms with Crippen LogP contribution < -0.4 is 15.2 Å². The first-order valence-electron chi connectivity index (χ1n) is 7.83. The molecule has 0 aliphatic carbocycles. The van der Waals surface area contributed by atoms with Crippen molar-refractivity contribution in [2.75, 3.05) is 19.8 Å². The van der Waals surface area contributed by atoms with Gasteiger partial charge in [-0.2, -0.15) is 0 Å². The summed E-state index contributed by atoms with van der Waals surface area (Å²) in [6.07, 6.45) is 1.24. The number of carbonyl (C=O) groups is 1. The number of aliphatic carboxylic acids is 1. The van der Waals surface area contributed by atoms with Crippen molar-refractivity contribution in [3.05, 3.63) is 23.8 Å². The zero-order valence-corrected chi connectivity index (χ0v) is 13.7. The van der Waals surface area contributed by atoms with Crippen LogP contribution in [0.2, 0.25) is 0 Å². The fourth-order valence-corrected chi connectivity index (χ4v) is 2.54. The van der Waals surface area contributed by atoms with Gasteiger partial charge >= 0.3 is 5.97 Å². The van der Waals surface area contributed by atoms with Crippen molar-refractivity contribution in [1.82, 2.24) is 0 Å². The zero-order chi connectivity index (χ0) is 16.5. The first-order chi connectivity index (χ1) is 10.5. The van der Waals surface area contributed by atoms with Gasteiger partial charge < -0.3 is 20.3 Å². The molecular weight excluding hydrogens is 282 g/mol. The lowest BCUT2D eigenvalue weighted by Crippen LogP contribution is -2.25. The Hall–Kier alpha value is -1.75. The van der Waals surface area contributed by atoms with Crippen LogP contribution in [0.4, 0.5) is 0 Å². The third kappa shape index (κ3) is 5.22. The highest BCUT2D eigenvalue weighted by molar-refractivity contribution is 5.70. The Labute approximate surface area is 132 Å². The van der Waals surface area contributed by atoms with Crippen molar-refractivity contribution in [3.63, 3.8) is 0 Å². The van der Waals surface area contributed by atoms with Crippen LogP contribution in [0.3, 0.4) is 0 Å². The maximum atomic E-state index is 11.1. The van der Waals surface area contributed by atoms with Crippen molar-refractivity contribution < 1.29 is 19.4 Å². The average molecular weight is 309 g/mol. The van der Waals surface area contributed by atoms with E-state index in [1.54, 1.807) is 0 Å². The van der Waals surface area contributed by atoms with Gasteiger partial charge in [0.2, 0.25) is 0 Å². The molecule has 0 saturated heterocycles. The summed E-state index contributed by atoms with van der Waals surface area (Å²) >= 11 is 0. The standard InChI is InChI=1S/C17H27NO4/c1-4-21-15-7-6-8-16(22-5-2)14(15)10-12(3)9-13(11-18)17(19)20/h6-8,12-13H,4-5,9-11,18H2,1-3H3,(H,19,20). The second-order valence-corrected chi connectivity index (χ2v) is 5.41. The molecule has 5 nitrogen and oxygen atoms in total. The first-order valence-corrected chi connectivity index (χ1v) is 7.83. The smallest absolute Gasteiger partial charge is 0.307 e. The lowest BCUT2D eigenvalue weighted by molar-refractivity contribution is -0.141. The van der Waals surface area contributed by atoms with E-state index in [2.05, 4.69) is 0 Å². The fourth-order valence-electron chi connectivity index (χ4n) is 2.54. The predicted molar refractivity (Wildman–Crippen MR) is 86.4 cm³/mol. The van der Waals surface area contributed by atoms with Crippen molar-refractivity contribution in [2.45, 2.75) is 33.6 Å². The van der Waals surface area contributed by atoms with E-state index in [1.165, 1.54) is 0 Å². The van der Waals surface area contributed by atoms with Crippen LogP contribution in [0.5, 0.6) is 11.5 Å². The van der Waals surface area contributed by atoms with Crippen LogP contribution >= 0.6 is 0 Å². The van der Waals surface area contributed by atoms with Gasteiger partial charge in [0.15, 0.2) is 0 Å². The van der Waals surface area contributed by atoms with Crippen LogP contribution in [0.25, 0.3) is 0 Å². The summed E-state index contributed by atoms with van der Waals surface area (Å²) in [5, 5.41) is 9.14. The molecule has 0 amide bonds. The predicted octanol–water partition coefficient (Wildman–Crippen LogP) is 2.71. The monoisotopic (exact) mass is 309 g/mol. The van der Waals surface area contributed by atoms with Gasteiger partial charge in [0.1, 0.15) is 11.5 Å². The summed E-state index contributed by atoms with van der Waals surface area (Å²) in [6.45, 7) is 7.23. The Kier molecular flexibility index (Phi) is 7.74. The van der Waals surface area contributed by atoms with Crippen LogP contribution in [0.1, 0.15) is 32.8 Å². The third-order valence-corrected chi connectivity index (χ3v) is 3.56. The molecule has 0 heterocycles. The van der Waals surface area contributed by atoms with Crippen molar-refractivity contribution in [3.8, 4) is 11.5 Å². The largest absolute Gasteiger partial charge is 0.493 e. The van der Waals surface area contributed by atoms with E-state index in [4.69, 9.17) is 20.3 Å². The van der Waals surface area contributed by atoms with Gasteiger partial charge in [0.05, 0.1) is 19.1 Å². The lowest BCUT2D eigenvalue weighted by atomic mass is 9.90. The Morgan fingerprint density at radius 2 is 1.77 bits per heavy atom. The fraction of sp³-hybridized carbons (Fsp3) is 0.588. The van der Waals surface area contributed by atoms with Gasteiger partial charge in [-0.3, -0.25) is 4.79 Å². The molecule has 0 saturated carbocycles. The molecule has 22 heavy (non-hydrogen) atoms. The number of benzene rings is 1. The summed E-state index contributed by atoms with van der Waals surface area (Å²) in [4.78, 5) is 11.1. The normalized spacial score (nSPS) is 13.5. The maximum absolute atomic E-state index is 11.1. The van der Waals surface area contributed by atoms with Crippen molar-refractivity contribution in [1.29, 1.82) is 0 Å². The molecule has 0 bridgehead atoms. The lowest BCUT2D eigenvalue weighted by Gasteiger charge is -2.20. The van der Waals surface area contributed by atoms with Gasteiger partial charge in [-0.1, -0.05) is 13.0 Å². The minimum Gasteiger partial charge on any atom is -0.493 e. The van der Waals surface area contributed by atoms with E-state index in [-0.39, 0.29) is 12.5 Å². The maximum Gasteiger partial charge on any atom is 0.307 e. The molecular formula is C17H27NO4. The minimum absolute atomic E-state index is 0.158. The molecule has 1 aromatic carbocycles. The van der Waals surface area contributed by atoms with E-state index < -0.39 is 11.9 Å². The molecule has 0 radical (unpaired) electrons. The molecule has 1 aromatic rings. The molecule has 2 atom stereocenters. The number of hydrogen-bond donors (Lipinski definition) is 2. The molecule has 3 N–H and O–H groups in total. The Morgan fingerprint density at radius 1 is 1.23 bits per heavy atom. The molecule has 0 aromatic heterocycles. The molecule has 5 heteroatoms. The van der Waals surface area contributed by atoms with Gasteiger partial charge in [0, 0.05) is 12.1 Å². The van der Waals surface area contributed by atoms with Crippen molar-refractivity contribution in [2.24, 2.45) is 17.6 Å². The van der Waals surface area contributed by atoms with E-state index >= 15 is 0 Å². The average Bonchev–Trinajstić information content (AvgIpc) is 2.48. The SMILES string of the molecule is CCOc1cccc(OCC)c1CC(C)CC(CN)C(=O)O. The van der Waals surface area contributed by atoms with Crippen LogP contribution in [-0.4, -0.2) is 30.8 Å². The Morgan fingerprint density at radius 3 is 2.18 bits per heavy atom. The minimum atomic E-state index is -0.836. The topological polar surface area (TPSA) is 81.8 Å². The van der Waals surface area contributed by atoms with E-state index in [0.717, 1.165) is 17.1 Å². The van der Waals surface area contributed by atoms with Crippen molar-refractivity contribution >= 4 is 5.97 Å². The number of hydrogen-bond acceptors (Lipinski definition) is 4. The van der Waals surface area contributed by atoms with E-state index in [0.29, 0.717) is 26.1 Å². The Balaban J connectivity index is 2.91. The highest BCUT2D eigenvalue weighted by atomic mass is 16.5. The molecule has 0 aliphatic rings. The van der Waals surface area contributed by atoms with Crippen LogP contribution in [-0.2, 0) is 11.2 Å². The molecule has 0 spiro atoms. The van der Waals surface area contributed by atoms with Gasteiger partial charge in [-0.15, -0.1) is 0 Å². The van der Waals surface area contributed by atoms with Gasteiger partial charge in [-0.05, 0) is 44.7 Å². The molecule has 0 fully saturated rings. The number of nitrogens with two attached hydrogens (primary N) is 1. The molecule has 0 aliphatic heterocycles. The highest BCUT2D eigenvalue weighted by Crippen LogP contribution is 2.32. The third-order valence-electron chi connectivity index (χ3n) is 3.56. The van der Waals surface area contributed by atoms with Gasteiger partial charge in [-0.25, -0.2) is 0 Å². The Bertz CT molecular complexity index is 451. The van der Waals surface area contributed by atoms with Crippen LogP contribution in [0.15, 0.2) is 18.2 Å². The summed E-state index contributed by atoms with van der Waals surface area (Å²) in [6, 6.07) is 5.75. The second-order valence-electron chi connectivity index (χ2n) is 5.41. The number of carboxylic acid groups (broad SMARTS) is 1. The highest BCUT2D eigenvalue weighted by Gasteiger charge is 2.21. The van der Waals surface area contributed by atoms with Crippen LogP contribution in [0, 0.1) is 11.8 Å². The number of rotatable bonds is 10. The summed E-state index contributed by atoms with van der Waals surface area (Å²) < 4.78 is 11.4. The molecule has 1 rings (SSSR count). The first kappa shape index (κ1) is 18.3. The van der Waals surface area contributed by atoms with E-state index in [9.17, 15) is 4.79 Å². The number of ether oxygens (including phenoxy) is 2. The number of carboxylic acids is 1. The second kappa shape index (κ2) is 9.30. The molecule has 124 valence electrons. The zero-order valence-electron chi connectivity index (χ0n) is 13.7. The summed E-state index contributed by atoms with van der Waals surface area (Å²) in [7, 11) is 0. The van der Waals surface area contributed by atoms with E-state index in [1.807, 2.05) is 39.0 Å².